The first-order valence-electron chi connectivity index (χ1n) is 8.89. The van der Waals surface area contributed by atoms with Crippen LogP contribution in [-0.4, -0.2) is 31.1 Å². The van der Waals surface area contributed by atoms with Crippen molar-refractivity contribution in [3.63, 3.8) is 0 Å². The van der Waals surface area contributed by atoms with E-state index >= 15 is 0 Å². The van der Waals surface area contributed by atoms with Gasteiger partial charge in [0.05, 0.1) is 20.3 Å². The summed E-state index contributed by atoms with van der Waals surface area (Å²) in [6, 6.07) is 13.9. The molecule has 0 spiro atoms. The van der Waals surface area contributed by atoms with E-state index in [0.29, 0.717) is 17.9 Å². The summed E-state index contributed by atoms with van der Waals surface area (Å²) in [5.41, 5.74) is 0.492. The van der Waals surface area contributed by atoms with Gasteiger partial charge in [-0.15, -0.1) is 0 Å². The minimum absolute atomic E-state index is 0.264. The standard InChI is InChI=1S/C21H24N2O4/c1-5-16(14-11-12-17(26-3)18(13-14)27-4)23-19(24)21(2,22-20(23)25)15-9-7-6-8-10-15/h6-13,16H,5H2,1-4H3,(H,22,25)/t16-,21+/m0/s1. The van der Waals surface area contributed by atoms with Gasteiger partial charge >= 0.3 is 6.03 Å². The lowest BCUT2D eigenvalue weighted by Gasteiger charge is -2.27. The fourth-order valence-electron chi connectivity index (χ4n) is 3.54. The first-order valence-corrected chi connectivity index (χ1v) is 8.89. The number of benzene rings is 2. The van der Waals surface area contributed by atoms with Gasteiger partial charge in [-0.3, -0.25) is 9.69 Å². The summed E-state index contributed by atoms with van der Waals surface area (Å²) >= 11 is 0. The molecule has 1 aliphatic heterocycles. The van der Waals surface area contributed by atoms with Crippen LogP contribution in [0.3, 0.4) is 0 Å². The minimum atomic E-state index is -1.08. The number of amides is 3. The molecule has 1 heterocycles. The molecule has 3 amide bonds. The third-order valence-electron chi connectivity index (χ3n) is 5.06. The Labute approximate surface area is 159 Å². The fraction of sp³-hybridized carbons (Fsp3) is 0.333. The van der Waals surface area contributed by atoms with E-state index < -0.39 is 17.6 Å². The van der Waals surface area contributed by atoms with Crippen molar-refractivity contribution < 1.29 is 19.1 Å². The summed E-state index contributed by atoms with van der Waals surface area (Å²) < 4.78 is 10.6. The predicted octanol–water partition coefficient (Wildman–Crippen LogP) is 3.62. The number of imide groups is 1. The highest BCUT2D eigenvalue weighted by atomic mass is 16.5. The number of methoxy groups -OCH3 is 2. The summed E-state index contributed by atoms with van der Waals surface area (Å²) in [4.78, 5) is 27.4. The molecule has 1 N–H and O–H groups in total. The van der Waals surface area contributed by atoms with E-state index in [1.54, 1.807) is 27.2 Å². The van der Waals surface area contributed by atoms with Crippen molar-refractivity contribution >= 4 is 11.9 Å². The van der Waals surface area contributed by atoms with E-state index in [2.05, 4.69) is 5.32 Å². The quantitative estimate of drug-likeness (QED) is 0.791. The van der Waals surface area contributed by atoms with Crippen LogP contribution in [0.15, 0.2) is 48.5 Å². The van der Waals surface area contributed by atoms with Crippen LogP contribution in [0.5, 0.6) is 11.5 Å². The molecular formula is C21H24N2O4. The van der Waals surface area contributed by atoms with Gasteiger partial charge in [0.1, 0.15) is 5.54 Å². The Bertz CT molecular complexity index is 853. The molecule has 2 aromatic rings. The lowest BCUT2D eigenvalue weighted by molar-refractivity contribution is -0.132. The van der Waals surface area contributed by atoms with Crippen molar-refractivity contribution in [1.29, 1.82) is 0 Å². The first-order chi connectivity index (χ1) is 13.0. The Morgan fingerprint density at radius 1 is 1.04 bits per heavy atom. The molecule has 6 heteroatoms. The summed E-state index contributed by atoms with van der Waals surface area (Å²) in [5.74, 6) is 0.897. The van der Waals surface area contributed by atoms with Crippen LogP contribution in [0, 0.1) is 0 Å². The lowest BCUT2D eigenvalue weighted by Crippen LogP contribution is -2.41. The smallest absolute Gasteiger partial charge is 0.325 e. The monoisotopic (exact) mass is 368 g/mol. The summed E-state index contributed by atoms with van der Waals surface area (Å²) in [6.07, 6.45) is 0.583. The normalized spacial score (nSPS) is 20.4. The maximum Gasteiger partial charge on any atom is 0.325 e. The maximum absolute atomic E-state index is 13.3. The van der Waals surface area contributed by atoms with Crippen LogP contribution in [0.1, 0.15) is 37.4 Å². The second kappa shape index (κ2) is 7.31. The van der Waals surface area contributed by atoms with Gasteiger partial charge in [-0.05, 0) is 36.6 Å². The SMILES string of the molecule is CC[C@@H](c1ccc(OC)c(OC)c1)N1C(=O)N[C@](C)(c2ccccc2)C1=O. The number of hydrogen-bond acceptors (Lipinski definition) is 4. The van der Waals surface area contributed by atoms with Gasteiger partial charge in [-0.25, -0.2) is 4.79 Å². The molecule has 142 valence electrons. The number of nitrogens with one attached hydrogen (secondary N) is 1. The highest BCUT2D eigenvalue weighted by Crippen LogP contribution is 2.38. The molecule has 0 radical (unpaired) electrons. The van der Waals surface area contributed by atoms with Crippen molar-refractivity contribution in [1.82, 2.24) is 10.2 Å². The van der Waals surface area contributed by atoms with E-state index in [4.69, 9.17) is 9.47 Å². The molecule has 6 nitrogen and oxygen atoms in total. The van der Waals surface area contributed by atoms with E-state index in [0.717, 1.165) is 11.1 Å². The Morgan fingerprint density at radius 3 is 2.30 bits per heavy atom. The zero-order valence-electron chi connectivity index (χ0n) is 16.0. The molecule has 0 bridgehead atoms. The summed E-state index contributed by atoms with van der Waals surface area (Å²) in [7, 11) is 3.13. The number of carbonyl (C=O) groups excluding carboxylic acids is 2. The molecule has 2 aromatic carbocycles. The number of hydrogen-bond donors (Lipinski definition) is 1. The first kappa shape index (κ1) is 18.8. The molecule has 3 rings (SSSR count). The van der Waals surface area contributed by atoms with Crippen molar-refractivity contribution in [2.75, 3.05) is 14.2 Å². The molecule has 1 aliphatic rings. The second-order valence-corrected chi connectivity index (χ2v) is 6.63. The fourth-order valence-corrected chi connectivity index (χ4v) is 3.54. The van der Waals surface area contributed by atoms with E-state index in [1.807, 2.05) is 49.4 Å². The highest BCUT2D eigenvalue weighted by Gasteiger charge is 2.51. The van der Waals surface area contributed by atoms with Gasteiger partial charge in [-0.1, -0.05) is 43.3 Å². The Kier molecular flexibility index (Phi) is 5.08. The molecule has 0 saturated carbocycles. The van der Waals surface area contributed by atoms with Gasteiger partial charge in [0.15, 0.2) is 11.5 Å². The van der Waals surface area contributed by atoms with Gasteiger partial charge in [0, 0.05) is 0 Å². The Hall–Kier alpha value is -3.02. The van der Waals surface area contributed by atoms with Crippen molar-refractivity contribution in [3.8, 4) is 11.5 Å². The Balaban J connectivity index is 1.99. The Morgan fingerprint density at radius 2 is 1.70 bits per heavy atom. The third-order valence-corrected chi connectivity index (χ3v) is 5.06. The van der Waals surface area contributed by atoms with Crippen LogP contribution in [0.25, 0.3) is 0 Å². The van der Waals surface area contributed by atoms with Crippen LogP contribution < -0.4 is 14.8 Å². The molecule has 0 aliphatic carbocycles. The number of nitrogens with zero attached hydrogens (tertiary/aromatic N) is 1. The van der Waals surface area contributed by atoms with Gasteiger partial charge in [0.2, 0.25) is 0 Å². The maximum atomic E-state index is 13.3. The summed E-state index contributed by atoms with van der Waals surface area (Å²) in [6.45, 7) is 3.68. The van der Waals surface area contributed by atoms with Crippen molar-refractivity contribution in [3.05, 3.63) is 59.7 Å². The number of rotatable bonds is 6. The number of urea groups is 1. The zero-order chi connectivity index (χ0) is 19.6. The van der Waals surface area contributed by atoms with Crippen molar-refractivity contribution in [2.24, 2.45) is 0 Å². The van der Waals surface area contributed by atoms with Crippen LogP contribution >= 0.6 is 0 Å². The molecule has 2 atom stereocenters. The van der Waals surface area contributed by atoms with Crippen LogP contribution in [0.4, 0.5) is 4.79 Å². The third kappa shape index (κ3) is 3.12. The van der Waals surface area contributed by atoms with E-state index in [9.17, 15) is 9.59 Å². The highest BCUT2D eigenvalue weighted by molar-refractivity contribution is 6.07. The molecule has 27 heavy (non-hydrogen) atoms. The average Bonchev–Trinajstić information content (AvgIpc) is 2.93. The zero-order valence-corrected chi connectivity index (χ0v) is 16.0. The molecule has 0 aromatic heterocycles. The van der Waals surface area contributed by atoms with Gasteiger partial charge < -0.3 is 14.8 Å². The molecule has 1 saturated heterocycles. The molecule has 1 fully saturated rings. The second-order valence-electron chi connectivity index (χ2n) is 6.63. The number of carbonyl (C=O) groups is 2. The van der Waals surface area contributed by atoms with E-state index in [-0.39, 0.29) is 5.91 Å². The van der Waals surface area contributed by atoms with Crippen molar-refractivity contribution in [2.45, 2.75) is 31.8 Å². The topological polar surface area (TPSA) is 67.9 Å². The lowest BCUT2D eigenvalue weighted by atomic mass is 9.91. The predicted molar refractivity (Wildman–Crippen MR) is 102 cm³/mol. The van der Waals surface area contributed by atoms with Crippen LogP contribution in [0.2, 0.25) is 0 Å². The van der Waals surface area contributed by atoms with E-state index in [1.165, 1.54) is 4.90 Å². The van der Waals surface area contributed by atoms with Crippen LogP contribution in [-0.2, 0) is 10.3 Å². The average molecular weight is 368 g/mol. The summed E-state index contributed by atoms with van der Waals surface area (Å²) in [5, 5.41) is 2.86. The molecule has 0 unspecified atom stereocenters. The van der Waals surface area contributed by atoms with Gasteiger partial charge in [0.25, 0.3) is 5.91 Å². The number of ether oxygens (including phenoxy) is 2. The molecular weight excluding hydrogens is 344 g/mol. The van der Waals surface area contributed by atoms with Gasteiger partial charge in [-0.2, -0.15) is 0 Å². The largest absolute Gasteiger partial charge is 0.493 e. The minimum Gasteiger partial charge on any atom is -0.493 e.